The zero-order chi connectivity index (χ0) is 22.2. The van der Waals surface area contributed by atoms with Crippen LogP contribution < -0.4 is 15.5 Å². The highest BCUT2D eigenvalue weighted by atomic mass is 16.2. The van der Waals surface area contributed by atoms with E-state index in [4.69, 9.17) is 4.99 Å². The van der Waals surface area contributed by atoms with Gasteiger partial charge in [-0.3, -0.25) is 14.7 Å². The van der Waals surface area contributed by atoms with E-state index in [1.54, 1.807) is 12.4 Å². The Kier molecular flexibility index (Phi) is 8.14. The Labute approximate surface area is 191 Å². The van der Waals surface area contributed by atoms with Crippen LogP contribution in [0.2, 0.25) is 0 Å². The third-order valence-electron chi connectivity index (χ3n) is 6.78. The molecular formula is C23H38N8O. The van der Waals surface area contributed by atoms with Crippen molar-refractivity contribution in [1.82, 2.24) is 30.4 Å². The van der Waals surface area contributed by atoms with E-state index in [0.29, 0.717) is 5.91 Å². The summed E-state index contributed by atoms with van der Waals surface area (Å²) in [6.45, 7) is 10.2. The summed E-state index contributed by atoms with van der Waals surface area (Å²) in [6, 6.07) is 2.14. The third kappa shape index (κ3) is 6.09. The number of likely N-dealkylation sites (tertiary alicyclic amines) is 1. The van der Waals surface area contributed by atoms with Crippen molar-refractivity contribution in [2.24, 2.45) is 10.9 Å². The lowest BCUT2D eigenvalue weighted by Gasteiger charge is -2.34. The molecule has 4 rings (SSSR count). The van der Waals surface area contributed by atoms with E-state index in [-0.39, 0.29) is 12.0 Å². The lowest BCUT2D eigenvalue weighted by atomic mass is 10.1. The van der Waals surface area contributed by atoms with Gasteiger partial charge in [-0.15, -0.1) is 0 Å². The number of amides is 1. The van der Waals surface area contributed by atoms with Crippen LogP contribution >= 0.6 is 0 Å². The quantitative estimate of drug-likeness (QED) is 0.480. The van der Waals surface area contributed by atoms with Crippen molar-refractivity contribution < 1.29 is 4.79 Å². The van der Waals surface area contributed by atoms with Crippen LogP contribution in [0, 0.1) is 5.92 Å². The fourth-order valence-electron chi connectivity index (χ4n) is 4.95. The Morgan fingerprint density at radius 3 is 2.56 bits per heavy atom. The molecule has 2 aliphatic heterocycles. The molecule has 1 amide bonds. The van der Waals surface area contributed by atoms with Crippen LogP contribution in [0.15, 0.2) is 23.5 Å². The molecule has 1 aliphatic carbocycles. The highest BCUT2D eigenvalue weighted by molar-refractivity contribution is 5.81. The topological polar surface area (TPSA) is 89.0 Å². The second-order valence-electron chi connectivity index (χ2n) is 9.03. The van der Waals surface area contributed by atoms with Gasteiger partial charge in [0.1, 0.15) is 0 Å². The SMILES string of the molecule is CCNC(=NCCN1CCN(c2ncccn2)CC1)NC1CCN(C(=O)C2CCCC2)C1. The Hall–Kier alpha value is -2.42. The van der Waals surface area contributed by atoms with Crippen LogP contribution in [0.25, 0.3) is 0 Å². The van der Waals surface area contributed by atoms with Gasteiger partial charge in [0.2, 0.25) is 11.9 Å². The lowest BCUT2D eigenvalue weighted by Crippen LogP contribution is -2.48. The second-order valence-corrected chi connectivity index (χ2v) is 9.03. The first-order valence-corrected chi connectivity index (χ1v) is 12.3. The fourth-order valence-corrected chi connectivity index (χ4v) is 4.95. The summed E-state index contributed by atoms with van der Waals surface area (Å²) >= 11 is 0. The molecule has 3 fully saturated rings. The number of nitrogens with one attached hydrogen (secondary N) is 2. The predicted octanol–water partition coefficient (Wildman–Crippen LogP) is 0.945. The van der Waals surface area contributed by atoms with Crippen molar-refractivity contribution in [1.29, 1.82) is 0 Å². The van der Waals surface area contributed by atoms with Gasteiger partial charge in [0.05, 0.1) is 6.54 Å². The average Bonchev–Trinajstić information content (AvgIpc) is 3.53. The molecule has 3 heterocycles. The number of guanidine groups is 1. The number of piperazine rings is 1. The van der Waals surface area contributed by atoms with E-state index in [0.717, 1.165) is 90.1 Å². The highest BCUT2D eigenvalue weighted by Crippen LogP contribution is 2.27. The summed E-state index contributed by atoms with van der Waals surface area (Å²) < 4.78 is 0. The minimum Gasteiger partial charge on any atom is -0.357 e. The van der Waals surface area contributed by atoms with Crippen molar-refractivity contribution in [3.8, 4) is 0 Å². The van der Waals surface area contributed by atoms with Gasteiger partial charge in [-0.1, -0.05) is 12.8 Å². The largest absolute Gasteiger partial charge is 0.357 e. The highest BCUT2D eigenvalue weighted by Gasteiger charge is 2.32. The van der Waals surface area contributed by atoms with Gasteiger partial charge in [-0.2, -0.15) is 0 Å². The van der Waals surface area contributed by atoms with Crippen molar-refractivity contribution >= 4 is 17.8 Å². The average molecular weight is 443 g/mol. The molecule has 32 heavy (non-hydrogen) atoms. The molecule has 2 N–H and O–H groups in total. The van der Waals surface area contributed by atoms with E-state index in [1.165, 1.54) is 12.8 Å². The van der Waals surface area contributed by atoms with E-state index >= 15 is 0 Å². The molecule has 9 nitrogen and oxygen atoms in total. The van der Waals surface area contributed by atoms with Gasteiger partial charge in [-0.05, 0) is 32.3 Å². The number of nitrogens with zero attached hydrogens (tertiary/aromatic N) is 6. The molecule has 0 radical (unpaired) electrons. The minimum atomic E-state index is 0.268. The van der Waals surface area contributed by atoms with E-state index in [1.807, 2.05) is 6.07 Å². The van der Waals surface area contributed by atoms with Gasteiger partial charge in [0, 0.05) is 76.7 Å². The molecule has 1 saturated carbocycles. The standard InChI is InChI=1S/C23H38N8O/c1-2-24-22(28-20-8-12-31(18-20)21(32)19-6-3-4-7-19)25-11-13-29-14-16-30(17-15-29)23-26-9-5-10-27-23/h5,9-10,19-20H,2-4,6-8,11-18H2,1H3,(H2,24,25,28). The number of carbonyl (C=O) groups excluding carboxylic acids is 1. The summed E-state index contributed by atoms with van der Waals surface area (Å²) in [5, 5.41) is 6.93. The molecule has 9 heteroatoms. The summed E-state index contributed by atoms with van der Waals surface area (Å²) in [6.07, 6.45) is 9.15. The Bertz CT molecular complexity index is 744. The zero-order valence-electron chi connectivity index (χ0n) is 19.4. The van der Waals surface area contributed by atoms with Crippen molar-refractivity contribution in [3.63, 3.8) is 0 Å². The number of hydrogen-bond donors (Lipinski definition) is 2. The first-order valence-electron chi connectivity index (χ1n) is 12.3. The summed E-state index contributed by atoms with van der Waals surface area (Å²) in [5.41, 5.74) is 0. The van der Waals surface area contributed by atoms with Crippen LogP contribution in [0.3, 0.4) is 0 Å². The summed E-state index contributed by atoms with van der Waals surface area (Å²) in [7, 11) is 0. The molecular weight excluding hydrogens is 404 g/mol. The molecule has 1 aromatic rings. The van der Waals surface area contributed by atoms with Crippen LogP contribution in [0.1, 0.15) is 39.0 Å². The molecule has 1 atom stereocenters. The Morgan fingerprint density at radius 1 is 1.09 bits per heavy atom. The second kappa shape index (κ2) is 11.4. The summed E-state index contributed by atoms with van der Waals surface area (Å²) in [5.74, 6) is 2.32. The van der Waals surface area contributed by atoms with E-state index < -0.39 is 0 Å². The normalized spacial score (nSPS) is 23.0. The molecule has 0 spiro atoms. The van der Waals surface area contributed by atoms with Crippen LogP contribution in [0.4, 0.5) is 5.95 Å². The Morgan fingerprint density at radius 2 is 1.84 bits per heavy atom. The molecule has 3 aliphatic rings. The molecule has 0 bridgehead atoms. The molecule has 0 aromatic carbocycles. The van der Waals surface area contributed by atoms with Gasteiger partial charge < -0.3 is 20.4 Å². The first kappa shape index (κ1) is 22.8. The monoisotopic (exact) mass is 442 g/mol. The maximum Gasteiger partial charge on any atom is 0.225 e. The van der Waals surface area contributed by atoms with Crippen LogP contribution in [-0.4, -0.2) is 96.6 Å². The number of aromatic nitrogens is 2. The minimum absolute atomic E-state index is 0.268. The van der Waals surface area contributed by atoms with Crippen molar-refractivity contribution in [2.75, 3.05) is 63.8 Å². The van der Waals surface area contributed by atoms with Crippen molar-refractivity contribution in [3.05, 3.63) is 18.5 Å². The molecule has 1 aromatic heterocycles. The predicted molar refractivity (Wildman–Crippen MR) is 127 cm³/mol. The molecule has 2 saturated heterocycles. The number of carbonyl (C=O) groups is 1. The smallest absolute Gasteiger partial charge is 0.225 e. The number of aliphatic imine (C=N–C) groups is 1. The number of hydrogen-bond acceptors (Lipinski definition) is 6. The van der Waals surface area contributed by atoms with Crippen molar-refractivity contribution in [2.45, 2.75) is 45.1 Å². The van der Waals surface area contributed by atoms with Gasteiger partial charge in [-0.25, -0.2) is 9.97 Å². The van der Waals surface area contributed by atoms with Gasteiger partial charge >= 0.3 is 0 Å². The first-order chi connectivity index (χ1) is 15.7. The number of rotatable bonds is 7. The van der Waals surface area contributed by atoms with E-state index in [9.17, 15) is 4.79 Å². The Balaban J connectivity index is 1.19. The van der Waals surface area contributed by atoms with E-state index in [2.05, 4.69) is 42.2 Å². The third-order valence-corrected chi connectivity index (χ3v) is 6.78. The summed E-state index contributed by atoms with van der Waals surface area (Å²) in [4.78, 5) is 33.0. The number of anilines is 1. The maximum atomic E-state index is 12.7. The van der Waals surface area contributed by atoms with Crippen LogP contribution in [-0.2, 0) is 4.79 Å². The van der Waals surface area contributed by atoms with Gasteiger partial charge in [0.25, 0.3) is 0 Å². The zero-order valence-corrected chi connectivity index (χ0v) is 19.4. The lowest BCUT2D eigenvalue weighted by molar-refractivity contribution is -0.134. The van der Waals surface area contributed by atoms with Gasteiger partial charge in [0.15, 0.2) is 5.96 Å². The fraction of sp³-hybridized carbons (Fsp3) is 0.739. The molecule has 176 valence electrons. The maximum absolute atomic E-state index is 12.7. The molecule has 1 unspecified atom stereocenters. The van der Waals surface area contributed by atoms with Crippen LogP contribution in [0.5, 0.6) is 0 Å².